The molecule has 0 unspecified atom stereocenters. The zero-order valence-electron chi connectivity index (χ0n) is 10.3. The minimum absolute atomic E-state index is 0.105. The van der Waals surface area contributed by atoms with E-state index in [0.717, 1.165) is 31.9 Å². The minimum atomic E-state index is -0.556. The minimum Gasteiger partial charge on any atom is -0.336 e. The van der Waals surface area contributed by atoms with E-state index in [1.165, 1.54) is 12.3 Å². The Kier molecular flexibility index (Phi) is 4.25. The van der Waals surface area contributed by atoms with Crippen molar-refractivity contribution in [1.29, 1.82) is 0 Å². The maximum atomic E-state index is 13.6. The zero-order chi connectivity index (χ0) is 13.0. The first-order chi connectivity index (χ1) is 8.74. The molecule has 98 valence electrons. The van der Waals surface area contributed by atoms with Crippen LogP contribution in [-0.2, 0) is 0 Å². The van der Waals surface area contributed by atoms with E-state index < -0.39 is 5.82 Å². The molecule has 1 aromatic heterocycles. The second-order valence-corrected chi connectivity index (χ2v) is 4.58. The standard InChI is InChI=1S/C13H18FN3O/c14-12-9-16-7-5-11(12)13(18)17(8-2-6-15)10-3-1-4-10/h5,7,9-10H,1-4,6,8,15H2. The number of hydrogen-bond acceptors (Lipinski definition) is 3. The lowest BCUT2D eigenvalue weighted by Gasteiger charge is -2.37. The average molecular weight is 251 g/mol. The third-order valence-corrected chi connectivity index (χ3v) is 3.38. The van der Waals surface area contributed by atoms with Gasteiger partial charge in [-0.25, -0.2) is 4.39 Å². The Morgan fingerprint density at radius 1 is 1.56 bits per heavy atom. The van der Waals surface area contributed by atoms with Crippen molar-refractivity contribution in [2.24, 2.45) is 5.73 Å². The summed E-state index contributed by atoms with van der Waals surface area (Å²) in [6, 6.07) is 1.68. The van der Waals surface area contributed by atoms with E-state index in [4.69, 9.17) is 5.73 Å². The third-order valence-electron chi connectivity index (χ3n) is 3.38. The van der Waals surface area contributed by atoms with Crippen LogP contribution in [-0.4, -0.2) is 34.9 Å². The molecular formula is C13H18FN3O. The highest BCUT2D eigenvalue weighted by Gasteiger charge is 2.30. The Morgan fingerprint density at radius 3 is 2.89 bits per heavy atom. The summed E-state index contributed by atoms with van der Waals surface area (Å²) in [6.07, 6.45) is 6.41. The number of carbonyl (C=O) groups is 1. The maximum absolute atomic E-state index is 13.6. The van der Waals surface area contributed by atoms with Crippen LogP contribution in [0, 0.1) is 5.82 Å². The van der Waals surface area contributed by atoms with E-state index >= 15 is 0 Å². The maximum Gasteiger partial charge on any atom is 0.257 e. The molecule has 1 saturated carbocycles. The molecule has 1 fully saturated rings. The summed E-state index contributed by atoms with van der Waals surface area (Å²) in [5, 5.41) is 0. The number of rotatable bonds is 5. The van der Waals surface area contributed by atoms with Gasteiger partial charge in [0.1, 0.15) is 0 Å². The van der Waals surface area contributed by atoms with Gasteiger partial charge in [-0.3, -0.25) is 9.78 Å². The molecule has 0 atom stereocenters. The second-order valence-electron chi connectivity index (χ2n) is 4.58. The predicted octanol–water partition coefficient (Wildman–Crippen LogP) is 1.56. The van der Waals surface area contributed by atoms with Gasteiger partial charge in [0, 0.05) is 18.8 Å². The average Bonchev–Trinajstić information content (AvgIpc) is 2.32. The van der Waals surface area contributed by atoms with Gasteiger partial charge in [-0.05, 0) is 38.3 Å². The molecule has 0 aromatic carbocycles. The molecule has 1 aromatic rings. The van der Waals surface area contributed by atoms with Crippen molar-refractivity contribution in [2.75, 3.05) is 13.1 Å². The molecule has 2 rings (SSSR count). The summed E-state index contributed by atoms with van der Waals surface area (Å²) in [5.74, 6) is -0.798. The van der Waals surface area contributed by atoms with Gasteiger partial charge in [-0.2, -0.15) is 0 Å². The molecule has 0 saturated heterocycles. The van der Waals surface area contributed by atoms with Crippen molar-refractivity contribution < 1.29 is 9.18 Å². The third kappa shape index (κ3) is 2.67. The van der Waals surface area contributed by atoms with Crippen molar-refractivity contribution in [2.45, 2.75) is 31.7 Å². The largest absolute Gasteiger partial charge is 0.336 e. The van der Waals surface area contributed by atoms with E-state index in [1.54, 1.807) is 4.90 Å². The number of aromatic nitrogens is 1. The van der Waals surface area contributed by atoms with Gasteiger partial charge in [0.2, 0.25) is 0 Å². The van der Waals surface area contributed by atoms with Crippen molar-refractivity contribution in [3.63, 3.8) is 0 Å². The van der Waals surface area contributed by atoms with Crippen LogP contribution >= 0.6 is 0 Å². The molecule has 0 spiro atoms. The summed E-state index contributed by atoms with van der Waals surface area (Å²) in [4.78, 5) is 17.7. The normalized spacial score (nSPS) is 15.2. The monoisotopic (exact) mass is 251 g/mol. The number of amides is 1. The van der Waals surface area contributed by atoms with Gasteiger partial charge in [-0.15, -0.1) is 0 Å². The summed E-state index contributed by atoms with van der Waals surface area (Å²) >= 11 is 0. The first-order valence-corrected chi connectivity index (χ1v) is 6.34. The number of nitrogens with zero attached hydrogens (tertiary/aromatic N) is 2. The Balaban J connectivity index is 2.14. The fraction of sp³-hybridized carbons (Fsp3) is 0.538. The quantitative estimate of drug-likeness (QED) is 0.864. The van der Waals surface area contributed by atoms with Crippen LogP contribution in [0.25, 0.3) is 0 Å². The van der Waals surface area contributed by atoms with Crippen LogP contribution in [0.4, 0.5) is 4.39 Å². The predicted molar refractivity (Wildman–Crippen MR) is 66.5 cm³/mol. The van der Waals surface area contributed by atoms with Gasteiger partial charge < -0.3 is 10.6 Å². The number of pyridine rings is 1. The number of hydrogen-bond donors (Lipinski definition) is 1. The van der Waals surface area contributed by atoms with Crippen LogP contribution in [0.3, 0.4) is 0 Å². The SMILES string of the molecule is NCCCN(C(=O)c1ccncc1F)C1CCC1. The molecule has 4 nitrogen and oxygen atoms in total. The van der Waals surface area contributed by atoms with Crippen LogP contribution in [0.2, 0.25) is 0 Å². The Labute approximate surface area is 106 Å². The van der Waals surface area contributed by atoms with Crippen LogP contribution in [0.5, 0.6) is 0 Å². The summed E-state index contributed by atoms with van der Waals surface area (Å²) in [5.41, 5.74) is 5.59. The van der Waals surface area contributed by atoms with Crippen molar-refractivity contribution >= 4 is 5.91 Å². The van der Waals surface area contributed by atoms with Crippen molar-refractivity contribution in [3.8, 4) is 0 Å². The van der Waals surface area contributed by atoms with E-state index in [-0.39, 0.29) is 17.5 Å². The van der Waals surface area contributed by atoms with E-state index in [0.29, 0.717) is 13.1 Å². The molecule has 1 aliphatic carbocycles. The highest BCUT2D eigenvalue weighted by atomic mass is 19.1. The zero-order valence-corrected chi connectivity index (χ0v) is 10.3. The van der Waals surface area contributed by atoms with Gasteiger partial charge in [0.15, 0.2) is 5.82 Å². The van der Waals surface area contributed by atoms with E-state index in [1.807, 2.05) is 0 Å². The van der Waals surface area contributed by atoms with Crippen molar-refractivity contribution in [3.05, 3.63) is 29.8 Å². The van der Waals surface area contributed by atoms with Gasteiger partial charge >= 0.3 is 0 Å². The Bertz CT molecular complexity index is 420. The number of halogens is 1. The second kappa shape index (κ2) is 5.91. The fourth-order valence-electron chi connectivity index (χ4n) is 2.11. The van der Waals surface area contributed by atoms with Crippen LogP contribution in [0.15, 0.2) is 18.5 Å². The highest BCUT2D eigenvalue weighted by Crippen LogP contribution is 2.26. The van der Waals surface area contributed by atoms with E-state index in [9.17, 15) is 9.18 Å². The molecule has 0 bridgehead atoms. The number of nitrogens with two attached hydrogens (primary N) is 1. The molecule has 1 aliphatic rings. The van der Waals surface area contributed by atoms with Gasteiger partial charge in [-0.1, -0.05) is 0 Å². The molecule has 0 aliphatic heterocycles. The smallest absolute Gasteiger partial charge is 0.257 e. The molecule has 1 heterocycles. The fourth-order valence-corrected chi connectivity index (χ4v) is 2.11. The first kappa shape index (κ1) is 13.0. The molecule has 18 heavy (non-hydrogen) atoms. The summed E-state index contributed by atoms with van der Waals surface area (Å²) < 4.78 is 13.6. The van der Waals surface area contributed by atoms with E-state index in [2.05, 4.69) is 4.98 Å². The Morgan fingerprint density at radius 2 is 2.33 bits per heavy atom. The molecule has 5 heteroatoms. The topological polar surface area (TPSA) is 59.2 Å². The van der Waals surface area contributed by atoms with Gasteiger partial charge in [0.05, 0.1) is 11.8 Å². The molecule has 1 amide bonds. The van der Waals surface area contributed by atoms with Crippen molar-refractivity contribution in [1.82, 2.24) is 9.88 Å². The van der Waals surface area contributed by atoms with Gasteiger partial charge in [0.25, 0.3) is 5.91 Å². The summed E-state index contributed by atoms with van der Waals surface area (Å²) in [6.45, 7) is 1.14. The lowest BCUT2D eigenvalue weighted by atomic mass is 9.91. The lowest BCUT2D eigenvalue weighted by Crippen LogP contribution is -2.45. The first-order valence-electron chi connectivity index (χ1n) is 6.34. The number of carbonyl (C=O) groups excluding carboxylic acids is 1. The van der Waals surface area contributed by atoms with Crippen LogP contribution < -0.4 is 5.73 Å². The molecule has 2 N–H and O–H groups in total. The molecular weight excluding hydrogens is 233 g/mol. The highest BCUT2D eigenvalue weighted by molar-refractivity contribution is 5.94. The summed E-state index contributed by atoms with van der Waals surface area (Å²) in [7, 11) is 0. The Hall–Kier alpha value is -1.49. The molecule has 0 radical (unpaired) electrons. The lowest BCUT2D eigenvalue weighted by molar-refractivity contribution is 0.0573. The van der Waals surface area contributed by atoms with Crippen LogP contribution in [0.1, 0.15) is 36.0 Å².